The van der Waals surface area contributed by atoms with E-state index in [2.05, 4.69) is 41.5 Å². The largest absolute Gasteiger partial charge is 0.490 e. The van der Waals surface area contributed by atoms with Crippen molar-refractivity contribution in [3.63, 3.8) is 0 Å². The number of hydrogen-bond donors (Lipinski definition) is 2. The molecule has 6 nitrogen and oxygen atoms in total. The second-order valence-electron chi connectivity index (χ2n) is 7.29. The van der Waals surface area contributed by atoms with Gasteiger partial charge in [0.25, 0.3) is 0 Å². The first-order valence-corrected chi connectivity index (χ1v) is 10.4. The second-order valence-corrected chi connectivity index (χ2v) is 7.29. The van der Waals surface area contributed by atoms with Crippen LogP contribution in [0.3, 0.4) is 0 Å². The Morgan fingerprint density at radius 2 is 1.93 bits per heavy atom. The number of fused-ring (bicyclic) bond motifs is 1. The van der Waals surface area contributed by atoms with Crippen LogP contribution in [0.25, 0.3) is 0 Å². The Bertz CT molecular complexity index is 612. The van der Waals surface area contributed by atoms with E-state index < -0.39 is 0 Å². The number of ether oxygens (including phenoxy) is 2. The van der Waals surface area contributed by atoms with Crippen molar-refractivity contribution in [1.29, 1.82) is 0 Å². The summed E-state index contributed by atoms with van der Waals surface area (Å²) in [6.45, 7) is 10.8. The Labute approximate surface area is 163 Å². The molecule has 2 heterocycles. The summed E-state index contributed by atoms with van der Waals surface area (Å²) in [4.78, 5) is 7.35. The molecule has 0 spiro atoms. The molecule has 0 saturated carbocycles. The van der Waals surface area contributed by atoms with E-state index in [1.165, 1.54) is 38.9 Å². The maximum absolute atomic E-state index is 5.79. The maximum Gasteiger partial charge on any atom is 0.191 e. The van der Waals surface area contributed by atoms with Gasteiger partial charge >= 0.3 is 0 Å². The molecule has 0 amide bonds. The highest BCUT2D eigenvalue weighted by Crippen LogP contribution is 2.30. The number of benzene rings is 1. The highest BCUT2D eigenvalue weighted by atomic mass is 16.5. The van der Waals surface area contributed by atoms with Crippen molar-refractivity contribution in [3.05, 3.63) is 23.8 Å². The summed E-state index contributed by atoms with van der Waals surface area (Å²) in [5, 5.41) is 7.00. The van der Waals surface area contributed by atoms with Gasteiger partial charge in [0, 0.05) is 32.1 Å². The molecule has 3 rings (SSSR count). The third-order valence-electron chi connectivity index (χ3n) is 5.04. The fraction of sp³-hybridized carbons (Fsp3) is 0.667. The van der Waals surface area contributed by atoms with Crippen molar-refractivity contribution in [2.45, 2.75) is 52.1 Å². The average molecular weight is 375 g/mol. The third kappa shape index (κ3) is 6.03. The molecule has 1 fully saturated rings. The normalized spacial score (nSPS) is 18.8. The molecule has 0 unspecified atom stereocenters. The van der Waals surface area contributed by atoms with Gasteiger partial charge in [0.05, 0.1) is 19.8 Å². The SMILES string of the molecule is CCCN1CCC(NC(=NCc2ccc3c(c2)OCCCO3)NCC)CC1. The van der Waals surface area contributed by atoms with Gasteiger partial charge in [0.2, 0.25) is 0 Å². The van der Waals surface area contributed by atoms with Crippen LogP contribution in [0.5, 0.6) is 11.5 Å². The van der Waals surface area contributed by atoms with Crippen molar-refractivity contribution in [2.75, 3.05) is 39.4 Å². The number of nitrogens with one attached hydrogen (secondary N) is 2. The van der Waals surface area contributed by atoms with E-state index in [0.717, 1.165) is 42.6 Å². The number of hydrogen-bond acceptors (Lipinski definition) is 4. The highest BCUT2D eigenvalue weighted by molar-refractivity contribution is 5.80. The molecule has 0 radical (unpaired) electrons. The van der Waals surface area contributed by atoms with Crippen LogP contribution in [0, 0.1) is 0 Å². The number of likely N-dealkylation sites (tertiary alicyclic amines) is 1. The molecule has 150 valence electrons. The molecule has 1 aromatic rings. The number of piperidine rings is 1. The summed E-state index contributed by atoms with van der Waals surface area (Å²) in [5.74, 6) is 2.57. The number of aliphatic imine (C=N–C) groups is 1. The van der Waals surface area contributed by atoms with Gasteiger partial charge in [0.1, 0.15) is 0 Å². The van der Waals surface area contributed by atoms with Crippen LogP contribution in [0.4, 0.5) is 0 Å². The van der Waals surface area contributed by atoms with Crippen LogP contribution in [0.15, 0.2) is 23.2 Å². The number of rotatable bonds is 6. The standard InChI is InChI=1S/C21H34N4O2/c1-3-10-25-11-8-18(9-12-25)24-21(22-4-2)23-16-17-6-7-19-20(15-17)27-14-5-13-26-19/h6-7,15,18H,3-5,8-14,16H2,1-2H3,(H2,22,23,24). The molecule has 2 aliphatic rings. The molecule has 2 N–H and O–H groups in total. The first kappa shape index (κ1) is 19.8. The van der Waals surface area contributed by atoms with E-state index in [4.69, 9.17) is 14.5 Å². The minimum Gasteiger partial charge on any atom is -0.490 e. The summed E-state index contributed by atoms with van der Waals surface area (Å²) in [6, 6.07) is 6.62. The van der Waals surface area contributed by atoms with E-state index in [1.807, 2.05) is 6.07 Å². The van der Waals surface area contributed by atoms with Crippen LogP contribution in [-0.4, -0.2) is 56.3 Å². The maximum atomic E-state index is 5.79. The Morgan fingerprint density at radius 1 is 1.15 bits per heavy atom. The van der Waals surface area contributed by atoms with Gasteiger partial charge in [-0.1, -0.05) is 13.0 Å². The lowest BCUT2D eigenvalue weighted by molar-refractivity contribution is 0.206. The lowest BCUT2D eigenvalue weighted by atomic mass is 10.1. The average Bonchev–Trinajstić information content (AvgIpc) is 2.93. The molecule has 0 aliphatic carbocycles. The van der Waals surface area contributed by atoms with E-state index in [0.29, 0.717) is 19.2 Å². The van der Waals surface area contributed by atoms with Gasteiger partial charge in [-0.25, -0.2) is 4.99 Å². The van der Waals surface area contributed by atoms with Gasteiger partial charge in [-0.2, -0.15) is 0 Å². The lowest BCUT2D eigenvalue weighted by Crippen LogP contribution is -2.48. The van der Waals surface area contributed by atoms with Crippen LogP contribution >= 0.6 is 0 Å². The Morgan fingerprint density at radius 3 is 2.67 bits per heavy atom. The minimum absolute atomic E-state index is 0.500. The summed E-state index contributed by atoms with van der Waals surface area (Å²) in [7, 11) is 0. The molecule has 1 saturated heterocycles. The monoisotopic (exact) mass is 374 g/mol. The minimum atomic E-state index is 0.500. The number of nitrogens with zero attached hydrogens (tertiary/aromatic N) is 2. The molecular formula is C21H34N4O2. The van der Waals surface area contributed by atoms with Gasteiger partial charge in [-0.15, -0.1) is 0 Å². The van der Waals surface area contributed by atoms with Gasteiger partial charge in [-0.3, -0.25) is 0 Å². The van der Waals surface area contributed by atoms with E-state index in [-0.39, 0.29) is 0 Å². The quantitative estimate of drug-likeness (QED) is 0.592. The van der Waals surface area contributed by atoms with Gasteiger partial charge in [0.15, 0.2) is 17.5 Å². The fourth-order valence-corrected chi connectivity index (χ4v) is 3.61. The Hall–Kier alpha value is -1.95. The third-order valence-corrected chi connectivity index (χ3v) is 5.04. The molecule has 0 aromatic heterocycles. The second kappa shape index (κ2) is 10.4. The summed E-state index contributed by atoms with van der Waals surface area (Å²) < 4.78 is 11.5. The van der Waals surface area contributed by atoms with E-state index >= 15 is 0 Å². The molecule has 0 bridgehead atoms. The van der Waals surface area contributed by atoms with Crippen molar-refractivity contribution >= 4 is 5.96 Å². The zero-order chi connectivity index (χ0) is 18.9. The Kier molecular flexibility index (Phi) is 7.63. The van der Waals surface area contributed by atoms with Gasteiger partial charge < -0.3 is 25.0 Å². The van der Waals surface area contributed by atoms with Crippen molar-refractivity contribution in [3.8, 4) is 11.5 Å². The molecule has 0 atom stereocenters. The molecule has 2 aliphatic heterocycles. The first-order valence-electron chi connectivity index (χ1n) is 10.4. The van der Waals surface area contributed by atoms with Crippen molar-refractivity contribution in [1.82, 2.24) is 15.5 Å². The van der Waals surface area contributed by atoms with Crippen molar-refractivity contribution in [2.24, 2.45) is 4.99 Å². The zero-order valence-electron chi connectivity index (χ0n) is 16.8. The van der Waals surface area contributed by atoms with E-state index in [1.54, 1.807) is 0 Å². The molecular weight excluding hydrogens is 340 g/mol. The van der Waals surface area contributed by atoms with Crippen LogP contribution in [0.1, 0.15) is 45.1 Å². The van der Waals surface area contributed by atoms with Gasteiger partial charge in [-0.05, 0) is 50.4 Å². The van der Waals surface area contributed by atoms with Crippen LogP contribution in [0.2, 0.25) is 0 Å². The topological polar surface area (TPSA) is 58.1 Å². The zero-order valence-corrected chi connectivity index (χ0v) is 16.8. The Balaban J connectivity index is 1.57. The fourth-order valence-electron chi connectivity index (χ4n) is 3.61. The number of guanidine groups is 1. The smallest absolute Gasteiger partial charge is 0.191 e. The summed E-state index contributed by atoms with van der Waals surface area (Å²) in [6.07, 6.45) is 4.51. The summed E-state index contributed by atoms with van der Waals surface area (Å²) in [5.41, 5.74) is 1.13. The van der Waals surface area contributed by atoms with Crippen molar-refractivity contribution < 1.29 is 9.47 Å². The van der Waals surface area contributed by atoms with Crippen LogP contribution < -0.4 is 20.1 Å². The highest BCUT2D eigenvalue weighted by Gasteiger charge is 2.19. The lowest BCUT2D eigenvalue weighted by Gasteiger charge is -2.32. The molecule has 6 heteroatoms. The molecule has 27 heavy (non-hydrogen) atoms. The van der Waals surface area contributed by atoms with E-state index in [9.17, 15) is 0 Å². The predicted octanol–water partition coefficient (Wildman–Crippen LogP) is 2.78. The summed E-state index contributed by atoms with van der Waals surface area (Å²) >= 11 is 0. The molecule has 1 aromatic carbocycles. The van der Waals surface area contributed by atoms with Crippen LogP contribution in [-0.2, 0) is 6.54 Å². The first-order chi connectivity index (χ1) is 13.3. The predicted molar refractivity (Wildman–Crippen MR) is 110 cm³/mol.